The smallest absolute Gasteiger partial charge is 0.253 e. The van der Waals surface area contributed by atoms with Gasteiger partial charge in [-0.2, -0.15) is 0 Å². The maximum atomic E-state index is 12.7. The highest BCUT2D eigenvalue weighted by molar-refractivity contribution is 14.2. The van der Waals surface area contributed by atoms with Gasteiger partial charge >= 0.3 is 0 Å². The summed E-state index contributed by atoms with van der Waals surface area (Å²) in [4.78, 5) is 23.7. The molecule has 1 fully saturated rings. The van der Waals surface area contributed by atoms with Crippen molar-refractivity contribution in [2.24, 2.45) is 0 Å². The zero-order valence-corrected chi connectivity index (χ0v) is 19.9. The Morgan fingerprint density at radius 2 is 2.00 bits per heavy atom. The predicted molar refractivity (Wildman–Crippen MR) is 126 cm³/mol. The topological polar surface area (TPSA) is 72.3 Å². The largest absolute Gasteiger partial charge is 0.495 e. The molecule has 1 saturated heterocycles. The lowest BCUT2D eigenvalue weighted by molar-refractivity contribution is 0.0792. The number of anilines is 2. The number of ether oxygens (including phenoxy) is 1. The van der Waals surface area contributed by atoms with Crippen LogP contribution in [-0.2, 0) is 0 Å². The molecule has 0 aliphatic carbocycles. The number of nitrogens with one attached hydrogen (secondary N) is 1. The van der Waals surface area contributed by atoms with Crippen LogP contribution in [0.1, 0.15) is 29.0 Å². The first-order valence-corrected chi connectivity index (χ1v) is 13.6. The second kappa shape index (κ2) is 8.62. The van der Waals surface area contributed by atoms with E-state index in [1.807, 2.05) is 28.3 Å². The molecule has 2 aromatic heterocycles. The third-order valence-corrected chi connectivity index (χ3v) is 7.29. The standard InChI is InChI=1S/C19H20ClIN5O2P/c1-11-22-17-14(10-16(20)24-18(17)26(11)29-21)23-13-6-5-12(9-15(13)28-2)19(27)25-7-3-4-8-25/h5-6,9-10,29H,3-4,7-8H2,1-2H3,(H,23,24). The summed E-state index contributed by atoms with van der Waals surface area (Å²) in [6.07, 6.45) is 2.59. The van der Waals surface area contributed by atoms with Crippen LogP contribution in [0.4, 0.5) is 11.4 Å². The van der Waals surface area contributed by atoms with Crippen LogP contribution in [0.2, 0.25) is 5.15 Å². The van der Waals surface area contributed by atoms with Crippen molar-refractivity contribution in [3.05, 3.63) is 40.8 Å². The minimum absolute atomic E-state index is 0.0408. The Morgan fingerprint density at radius 1 is 1.24 bits per heavy atom. The molecule has 4 rings (SSSR count). The van der Waals surface area contributed by atoms with Crippen molar-refractivity contribution in [2.45, 2.75) is 19.8 Å². The summed E-state index contributed by atoms with van der Waals surface area (Å²) < 4.78 is 7.59. The number of hydrogen-bond donors (Lipinski definition) is 1. The molecule has 0 bridgehead atoms. The molecule has 3 aromatic rings. The van der Waals surface area contributed by atoms with Gasteiger partial charge in [-0.3, -0.25) is 9.13 Å². The summed E-state index contributed by atoms with van der Waals surface area (Å²) in [5.41, 5.74) is 3.59. The molecule has 29 heavy (non-hydrogen) atoms. The number of hydrogen-bond acceptors (Lipinski definition) is 5. The average molecular weight is 544 g/mol. The van der Waals surface area contributed by atoms with Crippen molar-refractivity contribution >= 4 is 68.5 Å². The van der Waals surface area contributed by atoms with Crippen LogP contribution in [0.15, 0.2) is 24.3 Å². The monoisotopic (exact) mass is 543 g/mol. The highest BCUT2D eigenvalue weighted by Gasteiger charge is 2.21. The summed E-state index contributed by atoms with van der Waals surface area (Å²) in [5, 5.41) is 3.74. The number of aryl methyl sites for hydroxylation is 1. The highest BCUT2D eigenvalue weighted by Crippen LogP contribution is 2.37. The van der Waals surface area contributed by atoms with Crippen molar-refractivity contribution in [3.63, 3.8) is 0 Å². The van der Waals surface area contributed by atoms with Crippen molar-refractivity contribution in [1.82, 2.24) is 19.2 Å². The van der Waals surface area contributed by atoms with E-state index in [1.165, 1.54) is 0 Å². The Hall–Kier alpha value is -1.64. The lowest BCUT2D eigenvalue weighted by Gasteiger charge is -2.17. The Kier molecular flexibility index (Phi) is 6.13. The van der Waals surface area contributed by atoms with Gasteiger partial charge in [-0.1, -0.05) is 11.6 Å². The minimum Gasteiger partial charge on any atom is -0.495 e. The number of carbonyl (C=O) groups is 1. The van der Waals surface area contributed by atoms with Crippen LogP contribution in [0.25, 0.3) is 11.2 Å². The number of amides is 1. The maximum absolute atomic E-state index is 12.7. The number of pyridine rings is 1. The molecule has 0 radical (unpaired) electrons. The summed E-state index contributed by atoms with van der Waals surface area (Å²) in [5.74, 6) is 1.51. The Balaban J connectivity index is 1.70. The summed E-state index contributed by atoms with van der Waals surface area (Å²) >= 11 is 8.57. The fourth-order valence-electron chi connectivity index (χ4n) is 3.50. The fourth-order valence-corrected chi connectivity index (χ4v) is 5.83. The number of rotatable bonds is 5. The first kappa shape index (κ1) is 20.6. The number of halogens is 2. The van der Waals surface area contributed by atoms with E-state index in [2.05, 4.69) is 37.3 Å². The van der Waals surface area contributed by atoms with E-state index in [0.717, 1.165) is 54.3 Å². The van der Waals surface area contributed by atoms with Crippen LogP contribution < -0.4 is 10.1 Å². The van der Waals surface area contributed by atoms with Crippen LogP contribution >= 0.6 is 40.0 Å². The molecule has 10 heteroatoms. The Bertz CT molecular complexity index is 1080. The van der Waals surface area contributed by atoms with Crippen molar-refractivity contribution in [1.29, 1.82) is 0 Å². The van der Waals surface area contributed by atoms with Gasteiger partial charge in [0.15, 0.2) is 5.65 Å². The summed E-state index contributed by atoms with van der Waals surface area (Å²) in [6, 6.07) is 7.20. The van der Waals surface area contributed by atoms with Crippen molar-refractivity contribution < 1.29 is 9.53 Å². The van der Waals surface area contributed by atoms with E-state index in [1.54, 1.807) is 19.2 Å². The quantitative estimate of drug-likeness (QED) is 0.273. The molecule has 1 aliphatic heterocycles. The third kappa shape index (κ3) is 4.02. The lowest BCUT2D eigenvalue weighted by Crippen LogP contribution is -2.27. The highest BCUT2D eigenvalue weighted by atomic mass is 127. The van der Waals surface area contributed by atoms with Gasteiger partial charge in [0.1, 0.15) is 22.2 Å². The van der Waals surface area contributed by atoms with E-state index < -0.39 is 0 Å². The first-order valence-electron chi connectivity index (χ1n) is 9.18. The number of likely N-dealkylation sites (tertiary alicyclic amines) is 1. The summed E-state index contributed by atoms with van der Waals surface area (Å²) in [7, 11) is 1.59. The second-order valence-corrected chi connectivity index (χ2v) is 9.23. The fraction of sp³-hybridized carbons (Fsp3) is 0.316. The second-order valence-electron chi connectivity index (χ2n) is 6.78. The first-order chi connectivity index (χ1) is 14.0. The van der Waals surface area contributed by atoms with Gasteiger partial charge in [-0.25, -0.2) is 9.97 Å². The number of aromatic nitrogens is 3. The van der Waals surface area contributed by atoms with E-state index in [9.17, 15) is 4.79 Å². The van der Waals surface area contributed by atoms with Crippen LogP contribution in [-0.4, -0.2) is 45.3 Å². The number of imidazole rings is 1. The minimum atomic E-state index is 0.0408. The van der Waals surface area contributed by atoms with Crippen molar-refractivity contribution in [3.8, 4) is 5.75 Å². The molecule has 7 nitrogen and oxygen atoms in total. The maximum Gasteiger partial charge on any atom is 0.253 e. The SMILES string of the molecule is COc1cc(C(=O)N2CCCC2)ccc1Nc1cc(Cl)nc2c1nc(C)n2PI. The zero-order valence-electron chi connectivity index (χ0n) is 16.0. The van der Waals surface area contributed by atoms with Crippen molar-refractivity contribution in [2.75, 3.05) is 25.5 Å². The normalized spacial score (nSPS) is 14.3. The molecule has 1 amide bonds. The number of nitrogens with zero attached hydrogens (tertiary/aromatic N) is 4. The molecule has 1 aromatic carbocycles. The van der Waals surface area contributed by atoms with Gasteiger partial charge in [-0.05, 0) is 60.0 Å². The molecule has 1 atom stereocenters. The Labute approximate surface area is 188 Å². The molecule has 1 aliphatic rings. The Morgan fingerprint density at radius 3 is 2.69 bits per heavy atom. The predicted octanol–water partition coefficient (Wildman–Crippen LogP) is 5.17. The van der Waals surface area contributed by atoms with Gasteiger partial charge < -0.3 is 15.0 Å². The number of carbonyl (C=O) groups excluding carboxylic acids is 1. The molecule has 1 N–H and O–H groups in total. The molecule has 1 unspecified atom stereocenters. The lowest BCUT2D eigenvalue weighted by atomic mass is 10.1. The van der Waals surface area contributed by atoms with Gasteiger partial charge in [-0.15, -0.1) is 0 Å². The van der Waals surface area contributed by atoms with E-state index in [-0.39, 0.29) is 5.91 Å². The van der Waals surface area contributed by atoms with E-state index in [4.69, 9.17) is 16.3 Å². The van der Waals surface area contributed by atoms with Crippen LogP contribution in [0, 0.1) is 6.92 Å². The van der Waals surface area contributed by atoms with Crippen LogP contribution in [0.3, 0.4) is 0 Å². The number of fused-ring (bicyclic) bond motifs is 1. The number of methoxy groups -OCH3 is 1. The molecule has 3 heterocycles. The molecular formula is C19H20ClIN5O2P. The molecule has 0 saturated carbocycles. The zero-order chi connectivity index (χ0) is 20.5. The molecule has 0 spiro atoms. The third-order valence-electron chi connectivity index (χ3n) is 4.95. The summed E-state index contributed by atoms with van der Waals surface area (Å²) in [6.45, 7) is 3.58. The number of benzene rings is 1. The van der Waals surface area contributed by atoms with Gasteiger partial charge in [0.05, 0.1) is 24.9 Å². The van der Waals surface area contributed by atoms with Crippen LogP contribution in [0.5, 0.6) is 5.75 Å². The molecule has 152 valence electrons. The van der Waals surface area contributed by atoms with E-state index in [0.29, 0.717) is 22.8 Å². The van der Waals surface area contributed by atoms with Gasteiger partial charge in [0, 0.05) is 24.7 Å². The van der Waals surface area contributed by atoms with E-state index >= 15 is 0 Å². The van der Waals surface area contributed by atoms with Gasteiger partial charge in [0.2, 0.25) is 0 Å². The molecular weight excluding hydrogens is 524 g/mol. The average Bonchev–Trinajstić information content (AvgIpc) is 3.35. The van der Waals surface area contributed by atoms with Gasteiger partial charge in [0.25, 0.3) is 5.91 Å².